The molecule has 1 atom stereocenters. The third kappa shape index (κ3) is 5.56. The highest BCUT2D eigenvalue weighted by atomic mass is 79.9. The van der Waals surface area contributed by atoms with Crippen molar-refractivity contribution in [1.29, 1.82) is 0 Å². The highest BCUT2D eigenvalue weighted by Gasteiger charge is 2.17. The lowest BCUT2D eigenvalue weighted by Gasteiger charge is -2.23. The molecule has 0 N–H and O–H groups in total. The second kappa shape index (κ2) is 7.94. The summed E-state index contributed by atoms with van der Waals surface area (Å²) in [6.45, 7) is 9.88. The van der Waals surface area contributed by atoms with E-state index in [1.54, 1.807) is 0 Å². The first-order chi connectivity index (χ1) is 8.99. The molecule has 0 aliphatic rings. The summed E-state index contributed by atoms with van der Waals surface area (Å²) >= 11 is 3.48. The van der Waals surface area contributed by atoms with Gasteiger partial charge in [0, 0.05) is 5.33 Å². The summed E-state index contributed by atoms with van der Waals surface area (Å²) in [6.07, 6.45) is 3.48. The minimum absolute atomic E-state index is 0.253. The largest absolute Gasteiger partial charge is 0.494 e. The molecule has 0 bridgehead atoms. The van der Waals surface area contributed by atoms with E-state index in [4.69, 9.17) is 4.74 Å². The van der Waals surface area contributed by atoms with Crippen LogP contribution in [0.3, 0.4) is 0 Å². The van der Waals surface area contributed by atoms with E-state index in [2.05, 4.69) is 67.9 Å². The zero-order valence-corrected chi connectivity index (χ0v) is 14.3. The molecule has 1 rings (SSSR count). The maximum Gasteiger partial charge on any atom is 0.119 e. The van der Waals surface area contributed by atoms with Crippen LogP contribution in [0.15, 0.2) is 24.3 Å². The summed E-state index contributed by atoms with van der Waals surface area (Å²) in [5.41, 5.74) is 1.64. The van der Waals surface area contributed by atoms with Gasteiger partial charge in [-0.3, -0.25) is 0 Å². The molecular formula is C17H27BrO. The molecule has 19 heavy (non-hydrogen) atoms. The average molecular weight is 327 g/mol. The summed E-state index contributed by atoms with van der Waals surface area (Å²) in [6, 6.07) is 8.59. The zero-order valence-electron chi connectivity index (χ0n) is 12.7. The fourth-order valence-corrected chi connectivity index (χ4v) is 2.70. The van der Waals surface area contributed by atoms with Gasteiger partial charge < -0.3 is 4.74 Å². The molecule has 0 aliphatic carbocycles. The van der Waals surface area contributed by atoms with E-state index in [-0.39, 0.29) is 5.41 Å². The first kappa shape index (κ1) is 16.6. The summed E-state index contributed by atoms with van der Waals surface area (Å²) in [4.78, 5) is 0. The van der Waals surface area contributed by atoms with Crippen molar-refractivity contribution in [2.75, 3.05) is 11.9 Å². The van der Waals surface area contributed by atoms with Crippen LogP contribution in [-0.2, 0) is 5.41 Å². The van der Waals surface area contributed by atoms with Crippen molar-refractivity contribution < 1.29 is 4.74 Å². The van der Waals surface area contributed by atoms with Crippen LogP contribution < -0.4 is 4.74 Å². The van der Waals surface area contributed by atoms with Crippen LogP contribution in [0.4, 0.5) is 0 Å². The monoisotopic (exact) mass is 326 g/mol. The summed E-state index contributed by atoms with van der Waals surface area (Å²) < 4.78 is 5.81. The Hall–Kier alpha value is -0.500. The molecule has 0 heterocycles. The molecule has 108 valence electrons. The topological polar surface area (TPSA) is 9.23 Å². The predicted octanol–water partition coefficient (Wildman–Crippen LogP) is 5.56. The van der Waals surface area contributed by atoms with Gasteiger partial charge in [-0.1, -0.05) is 55.8 Å². The fraction of sp³-hybridized carbons (Fsp3) is 0.647. The Morgan fingerprint density at radius 3 is 2.32 bits per heavy atom. The Balaban J connectivity index is 2.45. The lowest BCUT2D eigenvalue weighted by Crippen LogP contribution is -2.15. The van der Waals surface area contributed by atoms with Crippen molar-refractivity contribution in [3.63, 3.8) is 0 Å². The number of benzene rings is 1. The molecule has 0 spiro atoms. The van der Waals surface area contributed by atoms with Crippen LogP contribution in [0.25, 0.3) is 0 Å². The van der Waals surface area contributed by atoms with E-state index in [0.29, 0.717) is 0 Å². The molecule has 0 saturated carbocycles. The summed E-state index contributed by atoms with van der Waals surface area (Å²) in [7, 11) is 0. The molecule has 0 amide bonds. The van der Waals surface area contributed by atoms with Crippen LogP contribution in [0.1, 0.15) is 52.5 Å². The van der Waals surface area contributed by atoms with Crippen LogP contribution in [0.2, 0.25) is 0 Å². The van der Waals surface area contributed by atoms with E-state index < -0.39 is 0 Å². The first-order valence-corrected chi connectivity index (χ1v) is 8.41. The minimum Gasteiger partial charge on any atom is -0.494 e. The molecule has 1 aromatic carbocycles. The van der Waals surface area contributed by atoms with Gasteiger partial charge in [0.05, 0.1) is 6.61 Å². The maximum atomic E-state index is 5.81. The van der Waals surface area contributed by atoms with Crippen molar-refractivity contribution in [1.82, 2.24) is 0 Å². The molecule has 0 aliphatic heterocycles. The van der Waals surface area contributed by atoms with Crippen LogP contribution >= 0.6 is 15.9 Å². The van der Waals surface area contributed by atoms with Crippen LogP contribution in [0, 0.1) is 5.92 Å². The molecule has 2 heteroatoms. The van der Waals surface area contributed by atoms with Gasteiger partial charge in [-0.05, 0) is 48.3 Å². The number of halogens is 1. The Labute approximate surface area is 126 Å². The smallest absolute Gasteiger partial charge is 0.119 e. The van der Waals surface area contributed by atoms with Crippen molar-refractivity contribution in [3.05, 3.63) is 29.8 Å². The van der Waals surface area contributed by atoms with Crippen molar-refractivity contribution in [3.8, 4) is 5.75 Å². The first-order valence-electron chi connectivity index (χ1n) is 7.29. The number of hydrogen-bond donors (Lipinski definition) is 0. The predicted molar refractivity (Wildman–Crippen MR) is 87.4 cm³/mol. The number of alkyl halides is 1. The molecule has 1 aromatic rings. The van der Waals surface area contributed by atoms with E-state index >= 15 is 0 Å². The van der Waals surface area contributed by atoms with E-state index in [0.717, 1.165) is 36.4 Å². The quantitative estimate of drug-likeness (QED) is 0.568. The van der Waals surface area contributed by atoms with Gasteiger partial charge in [0.15, 0.2) is 0 Å². The molecule has 1 nitrogen and oxygen atoms in total. The number of ether oxygens (including phenoxy) is 1. The highest BCUT2D eigenvalue weighted by Crippen LogP contribution is 2.28. The van der Waals surface area contributed by atoms with Crippen LogP contribution in [0.5, 0.6) is 5.75 Å². The standard InChI is InChI=1S/C17H27BrO/c1-5-17(3,4)15-6-8-16(9-7-15)19-13-11-14(2)10-12-18/h6-9,14H,5,10-13H2,1-4H3. The Bertz CT molecular complexity index is 356. The SMILES string of the molecule is CCC(C)(C)c1ccc(OCCC(C)CCBr)cc1. The van der Waals surface area contributed by atoms with E-state index in [9.17, 15) is 0 Å². The molecule has 0 saturated heterocycles. The zero-order chi connectivity index (χ0) is 14.3. The van der Waals surface area contributed by atoms with Gasteiger partial charge >= 0.3 is 0 Å². The lowest BCUT2D eigenvalue weighted by molar-refractivity contribution is 0.282. The van der Waals surface area contributed by atoms with Gasteiger partial charge in [-0.2, -0.15) is 0 Å². The van der Waals surface area contributed by atoms with Crippen molar-refractivity contribution >= 4 is 15.9 Å². The van der Waals surface area contributed by atoms with Crippen LogP contribution in [-0.4, -0.2) is 11.9 Å². The third-order valence-corrected chi connectivity index (χ3v) is 4.46. The van der Waals surface area contributed by atoms with Gasteiger partial charge in [-0.15, -0.1) is 0 Å². The lowest BCUT2D eigenvalue weighted by atomic mass is 9.82. The molecular weight excluding hydrogens is 300 g/mol. The molecule has 0 radical (unpaired) electrons. The fourth-order valence-electron chi connectivity index (χ4n) is 1.92. The highest BCUT2D eigenvalue weighted by molar-refractivity contribution is 9.09. The van der Waals surface area contributed by atoms with Gasteiger partial charge in [0.2, 0.25) is 0 Å². The maximum absolute atomic E-state index is 5.81. The van der Waals surface area contributed by atoms with E-state index in [1.165, 1.54) is 12.0 Å². The molecule has 0 aromatic heterocycles. The molecule has 0 fully saturated rings. The Morgan fingerprint density at radius 1 is 1.16 bits per heavy atom. The minimum atomic E-state index is 0.253. The summed E-state index contributed by atoms with van der Waals surface area (Å²) in [5, 5.41) is 1.08. The Morgan fingerprint density at radius 2 is 1.79 bits per heavy atom. The number of hydrogen-bond acceptors (Lipinski definition) is 1. The van der Waals surface area contributed by atoms with Crippen molar-refractivity contribution in [2.24, 2.45) is 5.92 Å². The van der Waals surface area contributed by atoms with Gasteiger partial charge in [0.25, 0.3) is 0 Å². The van der Waals surface area contributed by atoms with Gasteiger partial charge in [0.1, 0.15) is 5.75 Å². The van der Waals surface area contributed by atoms with Gasteiger partial charge in [-0.25, -0.2) is 0 Å². The third-order valence-electron chi connectivity index (χ3n) is 4.00. The van der Waals surface area contributed by atoms with Crippen molar-refractivity contribution in [2.45, 2.75) is 52.4 Å². The van der Waals surface area contributed by atoms with E-state index in [1.807, 2.05) is 0 Å². The second-order valence-electron chi connectivity index (χ2n) is 5.98. The summed E-state index contributed by atoms with van der Waals surface area (Å²) in [5.74, 6) is 1.71. The number of rotatable bonds is 8. The average Bonchev–Trinajstić information content (AvgIpc) is 2.40. The Kier molecular flexibility index (Phi) is 6.92. The molecule has 1 unspecified atom stereocenters. The normalized spacial score (nSPS) is 13.3. The second-order valence-corrected chi connectivity index (χ2v) is 6.77.